The molecule has 1 N–H and O–H groups in total. The van der Waals surface area contributed by atoms with Gasteiger partial charge in [0, 0.05) is 28.4 Å². The summed E-state index contributed by atoms with van der Waals surface area (Å²) in [6.07, 6.45) is 1.80. The number of nitrogens with zero attached hydrogens (tertiary/aromatic N) is 3. The molecule has 0 bridgehead atoms. The highest BCUT2D eigenvalue weighted by molar-refractivity contribution is 5.98. The zero-order valence-corrected chi connectivity index (χ0v) is 35.5. The van der Waals surface area contributed by atoms with Crippen LogP contribution in [-0.4, -0.2) is 19.6 Å². The van der Waals surface area contributed by atoms with Crippen molar-refractivity contribution in [3.8, 4) is 78.6 Å². The van der Waals surface area contributed by atoms with E-state index in [9.17, 15) is 5.11 Å². The summed E-state index contributed by atoms with van der Waals surface area (Å²) in [4.78, 5) is 10.4. The number of hydrogen-bond acceptors (Lipinski definition) is 3. The van der Waals surface area contributed by atoms with E-state index in [2.05, 4.69) is 110 Å². The summed E-state index contributed by atoms with van der Waals surface area (Å²) in [5.41, 5.74) is 15.3. The topological polar surface area (TPSA) is 50.9 Å². The SMILES string of the molecule is [2H]C([2H])([2H])c1ccc(-c2ccnc(-c3cc(-c4ccccc4)cc(-c4cccc5c4nc(-c4cc(C(C)(C)C)cc(C)c4O)n5-c4ccc(C([2H])(C)C)cc4-c4ccccc4)c3)c2)cc1. The van der Waals surface area contributed by atoms with Gasteiger partial charge in [-0.25, -0.2) is 4.98 Å². The highest BCUT2D eigenvalue weighted by atomic mass is 16.3. The molecular formula is C57H51N3O. The third kappa shape index (κ3) is 7.66. The number of fused-ring (bicyclic) bond motifs is 1. The number of phenols is 1. The van der Waals surface area contributed by atoms with Gasteiger partial charge in [0.15, 0.2) is 0 Å². The summed E-state index contributed by atoms with van der Waals surface area (Å²) in [7, 11) is 0. The summed E-state index contributed by atoms with van der Waals surface area (Å²) >= 11 is 0. The van der Waals surface area contributed by atoms with Crippen molar-refractivity contribution in [2.75, 3.05) is 0 Å². The quantitative estimate of drug-likeness (QED) is 0.167. The lowest BCUT2D eigenvalue weighted by Crippen LogP contribution is -2.12. The van der Waals surface area contributed by atoms with Gasteiger partial charge in [-0.1, -0.05) is 149 Å². The molecule has 0 aliphatic rings. The number of phenolic OH excluding ortho intramolecular Hbond substituents is 1. The molecule has 0 saturated heterocycles. The van der Waals surface area contributed by atoms with Crippen molar-refractivity contribution in [1.82, 2.24) is 14.5 Å². The molecule has 0 radical (unpaired) electrons. The van der Waals surface area contributed by atoms with E-state index in [1.807, 2.05) is 87.5 Å². The third-order valence-corrected chi connectivity index (χ3v) is 11.6. The predicted octanol–water partition coefficient (Wildman–Crippen LogP) is 15.2. The highest BCUT2D eigenvalue weighted by Gasteiger charge is 2.26. The van der Waals surface area contributed by atoms with Crippen molar-refractivity contribution in [3.05, 3.63) is 192 Å². The van der Waals surface area contributed by atoms with E-state index in [1.54, 1.807) is 18.3 Å². The molecule has 2 aromatic heterocycles. The molecule has 0 spiro atoms. The molecular weight excluding hydrogens is 743 g/mol. The maximum atomic E-state index is 12.0. The summed E-state index contributed by atoms with van der Waals surface area (Å²) < 4.78 is 34.7. The fourth-order valence-electron chi connectivity index (χ4n) is 8.19. The van der Waals surface area contributed by atoms with Crippen LogP contribution in [-0.2, 0) is 5.41 Å². The first-order valence-electron chi connectivity index (χ1n) is 22.8. The van der Waals surface area contributed by atoms with E-state index >= 15 is 0 Å². The van der Waals surface area contributed by atoms with Gasteiger partial charge in [0.05, 0.1) is 28.0 Å². The molecule has 0 amide bonds. The summed E-state index contributed by atoms with van der Waals surface area (Å²) in [5, 5.41) is 12.0. The number of benzene rings is 7. The number of pyridine rings is 1. The first-order chi connectivity index (χ1) is 30.9. The van der Waals surface area contributed by atoms with Crippen molar-refractivity contribution in [1.29, 1.82) is 0 Å². The zero-order chi connectivity index (χ0) is 45.8. The van der Waals surface area contributed by atoms with Crippen molar-refractivity contribution in [2.24, 2.45) is 0 Å². The molecule has 4 nitrogen and oxygen atoms in total. The predicted molar refractivity (Wildman–Crippen MR) is 255 cm³/mol. The average molecular weight is 798 g/mol. The number of para-hydroxylation sites is 1. The van der Waals surface area contributed by atoms with Crippen LogP contribution in [0, 0.1) is 13.8 Å². The van der Waals surface area contributed by atoms with Crippen LogP contribution in [0.3, 0.4) is 0 Å². The Hall–Kier alpha value is -7.04. The second kappa shape index (κ2) is 15.9. The number of imidazole rings is 1. The minimum atomic E-state index is -2.18. The van der Waals surface area contributed by atoms with Crippen molar-refractivity contribution >= 4 is 11.0 Å². The van der Waals surface area contributed by atoms with Crippen molar-refractivity contribution < 1.29 is 10.6 Å². The van der Waals surface area contributed by atoms with Gasteiger partial charge in [-0.2, -0.15) is 0 Å². The Morgan fingerprint density at radius 1 is 0.607 bits per heavy atom. The van der Waals surface area contributed by atoms with Crippen molar-refractivity contribution in [3.63, 3.8) is 0 Å². The Kier molecular flexibility index (Phi) is 9.04. The van der Waals surface area contributed by atoms with Crippen LogP contribution in [0.25, 0.3) is 83.9 Å². The molecule has 2 heterocycles. The minimum absolute atomic E-state index is 0.175. The Morgan fingerprint density at radius 3 is 2.00 bits per heavy atom. The first kappa shape index (κ1) is 34.8. The highest BCUT2D eigenvalue weighted by Crippen LogP contribution is 2.44. The molecule has 300 valence electrons. The van der Waals surface area contributed by atoms with E-state index in [1.165, 1.54) is 0 Å². The number of aromatic nitrogens is 3. The van der Waals surface area contributed by atoms with E-state index in [4.69, 9.17) is 15.5 Å². The van der Waals surface area contributed by atoms with Gasteiger partial charge in [-0.05, 0) is 130 Å². The number of aromatic hydroxyl groups is 1. The van der Waals surface area contributed by atoms with Gasteiger partial charge in [-0.15, -0.1) is 0 Å². The average Bonchev–Trinajstić information content (AvgIpc) is 3.68. The Bertz CT molecular complexity index is 3210. The maximum absolute atomic E-state index is 12.0. The number of hydrogen-bond donors (Lipinski definition) is 1. The maximum Gasteiger partial charge on any atom is 0.149 e. The first-order valence-corrected chi connectivity index (χ1v) is 20.8. The van der Waals surface area contributed by atoms with Crippen LogP contribution in [0.4, 0.5) is 0 Å². The Labute approximate surface area is 365 Å². The molecule has 0 fully saturated rings. The molecule has 9 aromatic rings. The van der Waals surface area contributed by atoms with Crippen LogP contribution in [0.5, 0.6) is 5.75 Å². The second-order valence-corrected chi connectivity index (χ2v) is 17.2. The summed E-state index contributed by atoms with van der Waals surface area (Å²) in [5.74, 6) is -0.0628. The molecule has 0 atom stereocenters. The van der Waals surface area contributed by atoms with E-state index in [0.29, 0.717) is 17.0 Å². The second-order valence-electron chi connectivity index (χ2n) is 17.2. The standard InChI is InChI=1S/C57H51N3O/c1-36(2)42-25-26-52(49(33-42)41-17-12-9-13-18-41)60-53-20-14-19-48(54(53)59-56(60)50-35-47(57(5,6)7)29-38(4)55(50)61)45-30-44(39-15-10-8-11-16-39)31-46(32-45)51-34-43(27-28-58-51)40-23-21-37(3)22-24-40/h8-36,61H,1-7H3/i3D3,36D. The van der Waals surface area contributed by atoms with Gasteiger partial charge in [-0.3, -0.25) is 9.55 Å². The fourth-order valence-corrected chi connectivity index (χ4v) is 8.19. The molecule has 61 heavy (non-hydrogen) atoms. The zero-order valence-electron chi connectivity index (χ0n) is 39.5. The van der Waals surface area contributed by atoms with Crippen LogP contribution in [0.2, 0.25) is 0 Å². The lowest BCUT2D eigenvalue weighted by atomic mass is 9.84. The van der Waals surface area contributed by atoms with Gasteiger partial charge in [0.2, 0.25) is 0 Å². The van der Waals surface area contributed by atoms with Gasteiger partial charge in [0.25, 0.3) is 0 Å². The van der Waals surface area contributed by atoms with Gasteiger partial charge in [0.1, 0.15) is 11.6 Å². The van der Waals surface area contributed by atoms with Crippen LogP contribution in [0.1, 0.15) is 68.2 Å². The lowest BCUT2D eigenvalue weighted by Gasteiger charge is -2.22. The Balaban J connectivity index is 1.31. The molecule has 0 saturated carbocycles. The molecule has 0 aliphatic heterocycles. The summed E-state index contributed by atoms with van der Waals surface area (Å²) in [6, 6.07) is 54.7. The molecule has 4 heteroatoms. The van der Waals surface area contributed by atoms with Crippen molar-refractivity contribution in [2.45, 2.75) is 59.7 Å². The number of aryl methyl sites for hydroxylation is 2. The molecule has 7 aromatic carbocycles. The normalized spacial score (nSPS) is 13.1. The lowest BCUT2D eigenvalue weighted by molar-refractivity contribution is 0.471. The van der Waals surface area contributed by atoms with Gasteiger partial charge >= 0.3 is 0 Å². The van der Waals surface area contributed by atoms with E-state index in [-0.39, 0.29) is 11.2 Å². The molecule has 0 unspecified atom stereocenters. The molecule has 0 aliphatic carbocycles. The Morgan fingerprint density at radius 2 is 1.30 bits per heavy atom. The monoisotopic (exact) mass is 797 g/mol. The third-order valence-electron chi connectivity index (χ3n) is 11.6. The smallest absolute Gasteiger partial charge is 0.149 e. The fraction of sp³-hybridized carbons (Fsp3) is 0.158. The van der Waals surface area contributed by atoms with Crippen LogP contribution in [0.15, 0.2) is 170 Å². The van der Waals surface area contributed by atoms with E-state index < -0.39 is 12.7 Å². The van der Waals surface area contributed by atoms with Crippen LogP contribution < -0.4 is 0 Å². The molecule has 9 rings (SSSR count). The van der Waals surface area contributed by atoms with Gasteiger partial charge < -0.3 is 5.11 Å². The largest absolute Gasteiger partial charge is 0.507 e. The van der Waals surface area contributed by atoms with E-state index in [0.717, 1.165) is 89.2 Å². The van der Waals surface area contributed by atoms with Crippen LogP contribution >= 0.6 is 0 Å². The number of rotatable bonds is 8. The minimum Gasteiger partial charge on any atom is -0.507 e. The summed E-state index contributed by atoms with van der Waals surface area (Å²) in [6.45, 7) is 10.1.